The van der Waals surface area contributed by atoms with E-state index in [-0.39, 0.29) is 5.91 Å². The molecule has 0 bridgehead atoms. The number of anilines is 2. The summed E-state index contributed by atoms with van der Waals surface area (Å²) in [5.41, 5.74) is 3.36. The highest BCUT2D eigenvalue weighted by atomic mass is 35.5. The third-order valence-electron chi connectivity index (χ3n) is 4.11. The minimum Gasteiger partial charge on any atom is -0.355 e. The number of hydrogen-bond donors (Lipinski definition) is 1. The predicted molar refractivity (Wildman–Crippen MR) is 107 cm³/mol. The van der Waals surface area contributed by atoms with Crippen LogP contribution in [-0.2, 0) is 6.54 Å². The molecular weight excluding hydrogens is 346 g/mol. The normalized spacial score (nSPS) is 10.4. The standard InChI is InChI=1S/C21H20ClN3O/c1-15-8-10-18(22)12-19(15)24-21(26)17-9-11-20(23-13-17)25(2)14-16-6-4-3-5-7-16/h3-13H,14H2,1-2H3,(H,24,26). The van der Waals surface area contributed by atoms with E-state index in [2.05, 4.69) is 22.4 Å². The van der Waals surface area contributed by atoms with Crippen LogP contribution in [0.1, 0.15) is 21.5 Å². The van der Waals surface area contributed by atoms with Crippen LogP contribution in [0.4, 0.5) is 11.5 Å². The number of rotatable bonds is 5. The van der Waals surface area contributed by atoms with Crippen molar-refractivity contribution in [2.75, 3.05) is 17.3 Å². The minimum absolute atomic E-state index is 0.208. The Kier molecular flexibility index (Phi) is 5.54. The van der Waals surface area contributed by atoms with Crippen molar-refractivity contribution >= 4 is 29.0 Å². The lowest BCUT2D eigenvalue weighted by molar-refractivity contribution is 0.102. The van der Waals surface area contributed by atoms with E-state index in [0.29, 0.717) is 16.3 Å². The molecule has 0 spiro atoms. The van der Waals surface area contributed by atoms with E-state index in [1.54, 1.807) is 24.4 Å². The highest BCUT2D eigenvalue weighted by Crippen LogP contribution is 2.21. The van der Waals surface area contributed by atoms with Gasteiger partial charge < -0.3 is 10.2 Å². The van der Waals surface area contributed by atoms with Crippen LogP contribution in [0.5, 0.6) is 0 Å². The lowest BCUT2D eigenvalue weighted by Gasteiger charge is -2.18. The van der Waals surface area contributed by atoms with Gasteiger partial charge in [0.05, 0.1) is 5.56 Å². The molecule has 0 aliphatic rings. The van der Waals surface area contributed by atoms with Gasteiger partial charge in [0.25, 0.3) is 5.91 Å². The van der Waals surface area contributed by atoms with Gasteiger partial charge in [-0.05, 0) is 42.3 Å². The molecule has 132 valence electrons. The molecule has 1 amide bonds. The number of nitrogens with one attached hydrogen (secondary N) is 1. The van der Waals surface area contributed by atoms with Crippen molar-refractivity contribution in [1.29, 1.82) is 0 Å². The maximum Gasteiger partial charge on any atom is 0.257 e. The van der Waals surface area contributed by atoms with E-state index in [1.807, 2.05) is 49.2 Å². The molecule has 0 atom stereocenters. The van der Waals surface area contributed by atoms with Crippen LogP contribution < -0.4 is 10.2 Å². The second-order valence-electron chi connectivity index (χ2n) is 6.16. The maximum atomic E-state index is 12.4. The van der Waals surface area contributed by atoms with Gasteiger partial charge in [0.1, 0.15) is 5.82 Å². The molecule has 26 heavy (non-hydrogen) atoms. The molecule has 0 unspecified atom stereocenters. The minimum atomic E-state index is -0.208. The van der Waals surface area contributed by atoms with Gasteiger partial charge >= 0.3 is 0 Å². The molecule has 0 aliphatic heterocycles. The third-order valence-corrected chi connectivity index (χ3v) is 4.35. The summed E-state index contributed by atoms with van der Waals surface area (Å²) in [6.45, 7) is 2.67. The van der Waals surface area contributed by atoms with Crippen LogP contribution in [-0.4, -0.2) is 17.9 Å². The first-order chi connectivity index (χ1) is 12.5. The summed E-state index contributed by atoms with van der Waals surface area (Å²) < 4.78 is 0. The molecule has 0 aliphatic carbocycles. The number of nitrogens with zero attached hydrogens (tertiary/aromatic N) is 2. The molecule has 5 heteroatoms. The molecule has 3 rings (SSSR count). The summed E-state index contributed by atoms with van der Waals surface area (Å²) in [7, 11) is 1.98. The Bertz CT molecular complexity index is 895. The van der Waals surface area contributed by atoms with Crippen LogP contribution in [0, 0.1) is 6.92 Å². The number of hydrogen-bond acceptors (Lipinski definition) is 3. The second kappa shape index (κ2) is 8.02. The van der Waals surface area contributed by atoms with Crippen LogP contribution in [0.15, 0.2) is 66.9 Å². The molecule has 2 aromatic carbocycles. The first kappa shape index (κ1) is 18.0. The molecular formula is C21H20ClN3O. The van der Waals surface area contributed by atoms with Gasteiger partial charge in [0.2, 0.25) is 0 Å². The molecule has 0 fully saturated rings. The third kappa shape index (κ3) is 4.41. The average molecular weight is 366 g/mol. The van der Waals surface area contributed by atoms with E-state index >= 15 is 0 Å². The Morgan fingerprint density at radius 1 is 1.12 bits per heavy atom. The molecule has 0 saturated carbocycles. The molecule has 4 nitrogen and oxygen atoms in total. The van der Waals surface area contributed by atoms with Gasteiger partial charge in [-0.1, -0.05) is 48.0 Å². The number of carbonyl (C=O) groups excluding carboxylic acids is 1. The zero-order valence-electron chi connectivity index (χ0n) is 14.7. The average Bonchev–Trinajstić information content (AvgIpc) is 2.65. The van der Waals surface area contributed by atoms with Gasteiger partial charge in [0.15, 0.2) is 0 Å². The quantitative estimate of drug-likeness (QED) is 0.697. The molecule has 1 N–H and O–H groups in total. The molecule has 0 radical (unpaired) electrons. The van der Waals surface area contributed by atoms with Gasteiger partial charge in [0, 0.05) is 30.5 Å². The number of halogens is 1. The Hall–Kier alpha value is -2.85. The molecule has 0 saturated heterocycles. The number of amides is 1. The van der Waals surface area contributed by atoms with Crippen molar-refractivity contribution in [1.82, 2.24) is 4.98 Å². The van der Waals surface area contributed by atoms with E-state index < -0.39 is 0 Å². The zero-order valence-corrected chi connectivity index (χ0v) is 15.5. The smallest absolute Gasteiger partial charge is 0.257 e. The van der Waals surface area contributed by atoms with Crippen LogP contribution >= 0.6 is 11.6 Å². The highest BCUT2D eigenvalue weighted by molar-refractivity contribution is 6.31. The number of aromatic nitrogens is 1. The fourth-order valence-corrected chi connectivity index (χ4v) is 2.78. The zero-order chi connectivity index (χ0) is 18.5. The first-order valence-electron chi connectivity index (χ1n) is 8.31. The highest BCUT2D eigenvalue weighted by Gasteiger charge is 2.10. The van der Waals surface area contributed by atoms with Crippen LogP contribution in [0.2, 0.25) is 5.02 Å². The molecule has 1 heterocycles. The number of carbonyl (C=O) groups is 1. The van der Waals surface area contributed by atoms with Gasteiger partial charge in [-0.3, -0.25) is 4.79 Å². The summed E-state index contributed by atoms with van der Waals surface area (Å²) >= 11 is 6.00. The van der Waals surface area contributed by atoms with E-state index in [0.717, 1.165) is 17.9 Å². The van der Waals surface area contributed by atoms with Crippen molar-refractivity contribution in [2.45, 2.75) is 13.5 Å². The lowest BCUT2D eigenvalue weighted by Crippen LogP contribution is -2.18. The van der Waals surface area contributed by atoms with Crippen LogP contribution in [0.25, 0.3) is 0 Å². The van der Waals surface area contributed by atoms with Crippen molar-refractivity contribution < 1.29 is 4.79 Å². The topological polar surface area (TPSA) is 45.2 Å². The molecule has 1 aromatic heterocycles. The van der Waals surface area contributed by atoms with Gasteiger partial charge in [-0.15, -0.1) is 0 Å². The Balaban J connectivity index is 1.68. The van der Waals surface area contributed by atoms with Crippen molar-refractivity contribution in [3.63, 3.8) is 0 Å². The largest absolute Gasteiger partial charge is 0.355 e. The fraction of sp³-hybridized carbons (Fsp3) is 0.143. The summed E-state index contributed by atoms with van der Waals surface area (Å²) in [5.74, 6) is 0.601. The van der Waals surface area contributed by atoms with Crippen LogP contribution in [0.3, 0.4) is 0 Å². The van der Waals surface area contributed by atoms with E-state index in [1.165, 1.54) is 5.56 Å². The maximum absolute atomic E-state index is 12.4. The van der Waals surface area contributed by atoms with Crippen molar-refractivity contribution in [3.8, 4) is 0 Å². The molecule has 3 aromatic rings. The fourth-order valence-electron chi connectivity index (χ4n) is 2.61. The Morgan fingerprint density at radius 3 is 2.58 bits per heavy atom. The Labute approximate surface area is 158 Å². The van der Waals surface area contributed by atoms with E-state index in [4.69, 9.17) is 11.6 Å². The second-order valence-corrected chi connectivity index (χ2v) is 6.60. The first-order valence-corrected chi connectivity index (χ1v) is 8.69. The van der Waals surface area contributed by atoms with Gasteiger partial charge in [-0.2, -0.15) is 0 Å². The number of aryl methyl sites for hydroxylation is 1. The monoisotopic (exact) mass is 365 g/mol. The SMILES string of the molecule is Cc1ccc(Cl)cc1NC(=O)c1ccc(N(C)Cc2ccccc2)nc1. The number of benzene rings is 2. The lowest BCUT2D eigenvalue weighted by atomic mass is 10.2. The summed E-state index contributed by atoms with van der Waals surface area (Å²) in [6.07, 6.45) is 1.59. The summed E-state index contributed by atoms with van der Waals surface area (Å²) in [4.78, 5) is 18.9. The van der Waals surface area contributed by atoms with Crippen molar-refractivity contribution in [2.24, 2.45) is 0 Å². The summed E-state index contributed by atoms with van der Waals surface area (Å²) in [6, 6.07) is 19.2. The van der Waals surface area contributed by atoms with Crippen molar-refractivity contribution in [3.05, 3.63) is 88.6 Å². The Morgan fingerprint density at radius 2 is 1.88 bits per heavy atom. The van der Waals surface area contributed by atoms with Gasteiger partial charge in [-0.25, -0.2) is 4.98 Å². The predicted octanol–water partition coefficient (Wildman–Crippen LogP) is 4.93. The summed E-state index contributed by atoms with van der Waals surface area (Å²) in [5, 5.41) is 3.46. The number of pyridine rings is 1. The van der Waals surface area contributed by atoms with E-state index in [9.17, 15) is 4.79 Å².